The normalized spacial score (nSPS) is 9.76. The predicted octanol–water partition coefficient (Wildman–Crippen LogP) is 3.97. The fraction of sp³-hybridized carbons (Fsp3) is 0.188. The average molecular weight is 347 g/mol. The van der Waals surface area contributed by atoms with E-state index in [9.17, 15) is 0 Å². The predicted molar refractivity (Wildman–Crippen MR) is 85.6 cm³/mol. The molecule has 1 N–H and O–H groups in total. The average Bonchev–Trinajstić information content (AvgIpc) is 2.53. The summed E-state index contributed by atoms with van der Waals surface area (Å²) in [4.78, 5) is 0. The molecular weight excluding hydrogens is 332 g/mol. The van der Waals surface area contributed by atoms with Crippen molar-refractivity contribution in [2.24, 2.45) is 0 Å². The minimum atomic E-state index is 0.0448. The summed E-state index contributed by atoms with van der Waals surface area (Å²) < 4.78 is 11.6. The molecule has 0 aromatic heterocycles. The van der Waals surface area contributed by atoms with E-state index in [1.165, 1.54) is 0 Å². The van der Waals surface area contributed by atoms with Gasteiger partial charge in [-0.25, -0.2) is 0 Å². The molecule has 0 aliphatic carbocycles. The number of ether oxygens (including phenoxy) is 2. The third-order valence-electron chi connectivity index (χ3n) is 2.90. The summed E-state index contributed by atoms with van der Waals surface area (Å²) in [6.45, 7) is 0.648. The number of benzene rings is 2. The van der Waals surface area contributed by atoms with Crippen LogP contribution in [-0.4, -0.2) is 13.7 Å². The number of rotatable bonds is 6. The maximum Gasteiger partial charge on any atom is 0.174 e. The Labute approximate surface area is 132 Å². The molecule has 0 saturated heterocycles. The smallest absolute Gasteiger partial charge is 0.174 e. The second kappa shape index (κ2) is 7.55. The van der Waals surface area contributed by atoms with Gasteiger partial charge in [-0.2, -0.15) is 5.26 Å². The summed E-state index contributed by atoms with van der Waals surface area (Å²) in [5.74, 6) is 1.49. The molecule has 0 heterocycles. The summed E-state index contributed by atoms with van der Waals surface area (Å²) in [7, 11) is 1.63. The van der Waals surface area contributed by atoms with E-state index in [1.54, 1.807) is 7.11 Å². The molecule has 5 heteroatoms. The third kappa shape index (κ3) is 4.14. The molecule has 0 bridgehead atoms. The molecule has 2 aromatic rings. The van der Waals surface area contributed by atoms with E-state index in [1.807, 2.05) is 48.5 Å². The second-order valence-corrected chi connectivity index (χ2v) is 5.11. The van der Waals surface area contributed by atoms with Crippen molar-refractivity contribution in [2.75, 3.05) is 19.0 Å². The Bertz CT molecular complexity index is 653. The van der Waals surface area contributed by atoms with Crippen molar-refractivity contribution >= 4 is 21.6 Å². The highest BCUT2D eigenvalue weighted by atomic mass is 79.9. The third-order valence-corrected chi connectivity index (χ3v) is 3.55. The summed E-state index contributed by atoms with van der Waals surface area (Å²) in [6, 6.07) is 15.4. The Morgan fingerprint density at radius 3 is 2.76 bits per heavy atom. The van der Waals surface area contributed by atoms with Crippen LogP contribution in [0.3, 0.4) is 0 Å². The summed E-state index contributed by atoms with van der Waals surface area (Å²) in [5.41, 5.74) is 1.94. The Balaban J connectivity index is 2.08. The quantitative estimate of drug-likeness (QED) is 0.859. The van der Waals surface area contributed by atoms with Crippen LogP contribution < -0.4 is 14.8 Å². The first-order chi connectivity index (χ1) is 10.2. The van der Waals surface area contributed by atoms with Gasteiger partial charge in [-0.3, -0.25) is 0 Å². The van der Waals surface area contributed by atoms with Crippen LogP contribution in [0.5, 0.6) is 11.5 Å². The first-order valence-corrected chi connectivity index (χ1v) is 7.19. The van der Waals surface area contributed by atoms with Gasteiger partial charge < -0.3 is 14.8 Å². The fourth-order valence-electron chi connectivity index (χ4n) is 1.87. The molecule has 0 atom stereocenters. The molecule has 0 aliphatic rings. The number of nitriles is 1. The Kier molecular flexibility index (Phi) is 5.47. The Hall–Kier alpha value is -2.19. The van der Waals surface area contributed by atoms with E-state index in [-0.39, 0.29) is 6.61 Å². The zero-order valence-electron chi connectivity index (χ0n) is 11.6. The molecule has 0 fully saturated rings. The molecule has 0 aliphatic heterocycles. The van der Waals surface area contributed by atoms with Crippen molar-refractivity contribution in [3.05, 3.63) is 52.5 Å². The lowest BCUT2D eigenvalue weighted by Crippen LogP contribution is -2.03. The molecule has 0 saturated carbocycles. The first kappa shape index (κ1) is 15.2. The SMILES string of the molecule is COc1cc(NCc2ccccc2OCC#N)ccc1Br. The van der Waals surface area contributed by atoms with Gasteiger partial charge in [0, 0.05) is 23.9 Å². The highest BCUT2D eigenvalue weighted by Crippen LogP contribution is 2.28. The minimum Gasteiger partial charge on any atom is -0.495 e. The largest absolute Gasteiger partial charge is 0.495 e. The lowest BCUT2D eigenvalue weighted by molar-refractivity contribution is 0.364. The van der Waals surface area contributed by atoms with Gasteiger partial charge in [0.15, 0.2) is 6.61 Å². The Morgan fingerprint density at radius 1 is 1.19 bits per heavy atom. The number of hydrogen-bond donors (Lipinski definition) is 1. The molecule has 2 aromatic carbocycles. The second-order valence-electron chi connectivity index (χ2n) is 4.26. The number of nitrogens with one attached hydrogen (secondary N) is 1. The number of hydrogen-bond acceptors (Lipinski definition) is 4. The van der Waals surface area contributed by atoms with Crippen LogP contribution in [0.15, 0.2) is 46.9 Å². The topological polar surface area (TPSA) is 54.3 Å². The lowest BCUT2D eigenvalue weighted by atomic mass is 10.2. The molecule has 21 heavy (non-hydrogen) atoms. The van der Waals surface area contributed by atoms with Crippen LogP contribution >= 0.6 is 15.9 Å². The van der Waals surface area contributed by atoms with Crippen molar-refractivity contribution < 1.29 is 9.47 Å². The molecule has 0 amide bonds. The van der Waals surface area contributed by atoms with Gasteiger partial charge in [-0.15, -0.1) is 0 Å². The number of para-hydroxylation sites is 1. The highest BCUT2D eigenvalue weighted by molar-refractivity contribution is 9.10. The van der Waals surface area contributed by atoms with E-state index in [0.717, 1.165) is 27.2 Å². The van der Waals surface area contributed by atoms with E-state index in [2.05, 4.69) is 21.2 Å². The number of methoxy groups -OCH3 is 1. The molecule has 0 radical (unpaired) electrons. The van der Waals surface area contributed by atoms with Gasteiger partial charge in [-0.1, -0.05) is 18.2 Å². The van der Waals surface area contributed by atoms with E-state index in [4.69, 9.17) is 14.7 Å². The van der Waals surface area contributed by atoms with Crippen LogP contribution in [0.2, 0.25) is 0 Å². The zero-order chi connectivity index (χ0) is 15.1. The molecule has 4 nitrogen and oxygen atoms in total. The van der Waals surface area contributed by atoms with Crippen LogP contribution in [0, 0.1) is 11.3 Å². The van der Waals surface area contributed by atoms with Crippen LogP contribution in [0.1, 0.15) is 5.56 Å². The molecule has 0 unspecified atom stereocenters. The van der Waals surface area contributed by atoms with Crippen molar-refractivity contribution in [1.82, 2.24) is 0 Å². The van der Waals surface area contributed by atoms with Crippen LogP contribution in [0.25, 0.3) is 0 Å². The summed E-state index contributed by atoms with van der Waals surface area (Å²) >= 11 is 3.42. The number of halogens is 1. The van der Waals surface area contributed by atoms with Crippen molar-refractivity contribution in [1.29, 1.82) is 5.26 Å². The van der Waals surface area contributed by atoms with Crippen molar-refractivity contribution in [3.63, 3.8) is 0 Å². The maximum absolute atomic E-state index is 8.60. The Morgan fingerprint density at radius 2 is 2.00 bits per heavy atom. The van der Waals surface area contributed by atoms with Gasteiger partial charge in [-0.05, 0) is 34.1 Å². The van der Waals surface area contributed by atoms with Gasteiger partial charge >= 0.3 is 0 Å². The maximum atomic E-state index is 8.60. The number of anilines is 1. The van der Waals surface area contributed by atoms with Crippen LogP contribution in [0.4, 0.5) is 5.69 Å². The van der Waals surface area contributed by atoms with Gasteiger partial charge in [0.1, 0.15) is 17.6 Å². The van der Waals surface area contributed by atoms with E-state index < -0.39 is 0 Å². The van der Waals surface area contributed by atoms with Gasteiger partial charge in [0.25, 0.3) is 0 Å². The molecule has 108 valence electrons. The number of nitrogens with zero attached hydrogens (tertiary/aromatic N) is 1. The fourth-order valence-corrected chi connectivity index (χ4v) is 2.28. The standard InChI is InChI=1S/C16H15BrN2O2/c1-20-16-10-13(6-7-14(16)17)19-11-12-4-2-3-5-15(12)21-9-8-18/h2-7,10,19H,9,11H2,1H3. The summed E-state index contributed by atoms with van der Waals surface area (Å²) in [5, 5.41) is 11.9. The molecule has 0 spiro atoms. The van der Waals surface area contributed by atoms with Crippen molar-refractivity contribution in [2.45, 2.75) is 6.54 Å². The lowest BCUT2D eigenvalue weighted by Gasteiger charge is -2.12. The first-order valence-electron chi connectivity index (χ1n) is 6.39. The van der Waals surface area contributed by atoms with Gasteiger partial charge in [0.2, 0.25) is 0 Å². The van der Waals surface area contributed by atoms with Crippen LogP contribution in [-0.2, 0) is 6.54 Å². The van der Waals surface area contributed by atoms with Gasteiger partial charge in [0.05, 0.1) is 11.6 Å². The highest BCUT2D eigenvalue weighted by Gasteiger charge is 2.05. The summed E-state index contributed by atoms with van der Waals surface area (Å²) in [6.07, 6.45) is 0. The van der Waals surface area contributed by atoms with E-state index >= 15 is 0 Å². The van der Waals surface area contributed by atoms with Crippen molar-refractivity contribution in [3.8, 4) is 17.6 Å². The van der Waals surface area contributed by atoms with E-state index in [0.29, 0.717) is 6.54 Å². The molecule has 2 rings (SSSR count). The molecular formula is C16H15BrN2O2. The monoisotopic (exact) mass is 346 g/mol. The zero-order valence-corrected chi connectivity index (χ0v) is 13.2. The minimum absolute atomic E-state index is 0.0448.